The summed E-state index contributed by atoms with van der Waals surface area (Å²) in [5, 5.41) is 2.60. The maximum absolute atomic E-state index is 13.2. The first-order chi connectivity index (χ1) is 8.58. The van der Waals surface area contributed by atoms with Crippen molar-refractivity contribution in [2.75, 3.05) is 0 Å². The molecule has 0 saturated heterocycles. The quantitative estimate of drug-likeness (QED) is 0.807. The Kier molecular flexibility index (Phi) is 4.53. The summed E-state index contributed by atoms with van der Waals surface area (Å²) in [7, 11) is 0. The molecular weight excluding hydrogens is 256 g/mol. The van der Waals surface area contributed by atoms with Gasteiger partial charge in [-0.25, -0.2) is 13.6 Å². The number of rotatable bonds is 3. The van der Waals surface area contributed by atoms with Gasteiger partial charge in [-0.05, 0) is 33.6 Å². The Hall–Kier alpha value is -1.20. The fourth-order valence-corrected chi connectivity index (χ4v) is 2.15. The zero-order chi connectivity index (χ0) is 14.7. The molecule has 0 aromatic heterocycles. The number of nitrogens with one attached hydrogen (secondary N) is 1. The Labute approximate surface area is 111 Å². The van der Waals surface area contributed by atoms with Crippen LogP contribution < -0.4 is 5.32 Å². The van der Waals surface area contributed by atoms with Crippen LogP contribution in [0.3, 0.4) is 0 Å². The lowest BCUT2D eigenvalue weighted by Gasteiger charge is -2.39. The Morgan fingerprint density at radius 2 is 1.79 bits per heavy atom. The van der Waals surface area contributed by atoms with E-state index in [-0.39, 0.29) is 32.1 Å². The maximum Gasteiger partial charge on any atom is 0.408 e. The molecule has 0 aliphatic heterocycles. The SMILES string of the molecule is CC(C)(C)OC(=O)NC1(CC=O)CCC(F)(F)CC1. The Morgan fingerprint density at radius 3 is 2.21 bits per heavy atom. The average molecular weight is 277 g/mol. The largest absolute Gasteiger partial charge is 0.444 e. The van der Waals surface area contributed by atoms with E-state index in [0.717, 1.165) is 0 Å². The van der Waals surface area contributed by atoms with Crippen LogP contribution in [-0.2, 0) is 9.53 Å². The van der Waals surface area contributed by atoms with Gasteiger partial charge in [0.25, 0.3) is 0 Å². The third kappa shape index (κ3) is 5.12. The number of hydrogen-bond acceptors (Lipinski definition) is 3. The van der Waals surface area contributed by atoms with Crippen LogP contribution >= 0.6 is 0 Å². The van der Waals surface area contributed by atoms with E-state index in [9.17, 15) is 18.4 Å². The predicted octanol–water partition coefficient (Wildman–Crippen LogP) is 3.05. The maximum atomic E-state index is 13.2. The first kappa shape index (κ1) is 15.9. The molecule has 0 heterocycles. The summed E-state index contributed by atoms with van der Waals surface area (Å²) in [6.45, 7) is 5.15. The predicted molar refractivity (Wildman–Crippen MR) is 66.2 cm³/mol. The summed E-state index contributed by atoms with van der Waals surface area (Å²) in [6, 6.07) is 0. The van der Waals surface area contributed by atoms with Gasteiger partial charge in [-0.3, -0.25) is 0 Å². The van der Waals surface area contributed by atoms with Crippen LogP contribution in [0, 0.1) is 0 Å². The van der Waals surface area contributed by atoms with Crippen LogP contribution in [0.5, 0.6) is 0 Å². The van der Waals surface area contributed by atoms with E-state index in [4.69, 9.17) is 4.74 Å². The first-order valence-corrected chi connectivity index (χ1v) is 6.40. The van der Waals surface area contributed by atoms with E-state index in [2.05, 4.69) is 5.32 Å². The molecule has 0 aromatic rings. The molecule has 1 rings (SSSR count). The standard InChI is InChI=1S/C13H21F2NO3/c1-11(2,3)19-10(18)16-12(8-9-17)4-6-13(14,15)7-5-12/h9H,4-8H2,1-3H3,(H,16,18). The Morgan fingerprint density at radius 1 is 1.26 bits per heavy atom. The Bertz CT molecular complexity index is 340. The normalized spacial score (nSPS) is 21.5. The number of ether oxygens (including phenoxy) is 1. The lowest BCUT2D eigenvalue weighted by Crippen LogP contribution is -2.53. The highest BCUT2D eigenvalue weighted by Gasteiger charge is 2.44. The smallest absolute Gasteiger partial charge is 0.408 e. The summed E-state index contributed by atoms with van der Waals surface area (Å²) in [6.07, 6.45) is -0.466. The molecule has 1 saturated carbocycles. The molecule has 0 radical (unpaired) electrons. The lowest BCUT2D eigenvalue weighted by atomic mass is 9.78. The topological polar surface area (TPSA) is 55.4 Å². The van der Waals surface area contributed by atoms with Crippen molar-refractivity contribution in [3.63, 3.8) is 0 Å². The number of alkyl carbamates (subject to hydrolysis) is 1. The van der Waals surface area contributed by atoms with Crippen molar-refractivity contribution >= 4 is 12.4 Å². The molecule has 6 heteroatoms. The number of carbonyl (C=O) groups excluding carboxylic acids is 2. The number of halogens is 2. The second-order valence-electron chi connectivity index (χ2n) is 6.13. The van der Waals surface area contributed by atoms with E-state index >= 15 is 0 Å². The van der Waals surface area contributed by atoms with Gasteiger partial charge in [0.1, 0.15) is 11.9 Å². The van der Waals surface area contributed by atoms with Gasteiger partial charge in [0.15, 0.2) is 0 Å². The fourth-order valence-electron chi connectivity index (χ4n) is 2.15. The van der Waals surface area contributed by atoms with Crippen LogP contribution in [-0.4, -0.2) is 29.4 Å². The van der Waals surface area contributed by atoms with Crippen molar-refractivity contribution < 1.29 is 23.1 Å². The minimum absolute atomic E-state index is 0.0301. The molecule has 0 aromatic carbocycles. The molecule has 0 bridgehead atoms. The monoisotopic (exact) mass is 277 g/mol. The number of aldehydes is 1. The highest BCUT2D eigenvalue weighted by Crippen LogP contribution is 2.39. The highest BCUT2D eigenvalue weighted by molar-refractivity contribution is 5.69. The number of carbonyl (C=O) groups is 2. The summed E-state index contributed by atoms with van der Waals surface area (Å²) in [5.41, 5.74) is -1.56. The summed E-state index contributed by atoms with van der Waals surface area (Å²) < 4.78 is 31.4. The summed E-state index contributed by atoms with van der Waals surface area (Å²) in [5.74, 6) is -2.71. The van der Waals surface area contributed by atoms with E-state index in [1.165, 1.54) is 0 Å². The van der Waals surface area contributed by atoms with Gasteiger partial charge < -0.3 is 14.8 Å². The van der Waals surface area contributed by atoms with Crippen molar-refractivity contribution in [1.82, 2.24) is 5.32 Å². The molecule has 0 unspecified atom stereocenters. The third-order valence-corrected chi connectivity index (χ3v) is 3.18. The summed E-state index contributed by atoms with van der Waals surface area (Å²) >= 11 is 0. The van der Waals surface area contributed by atoms with Gasteiger partial charge >= 0.3 is 6.09 Å². The van der Waals surface area contributed by atoms with Gasteiger partial charge in [0, 0.05) is 19.3 Å². The molecule has 0 atom stereocenters. The van der Waals surface area contributed by atoms with E-state index < -0.39 is 23.2 Å². The molecule has 1 amide bonds. The first-order valence-electron chi connectivity index (χ1n) is 6.40. The second kappa shape index (κ2) is 5.43. The second-order valence-corrected chi connectivity index (χ2v) is 6.13. The Balaban J connectivity index is 2.68. The lowest BCUT2D eigenvalue weighted by molar-refractivity contribution is -0.111. The minimum Gasteiger partial charge on any atom is -0.444 e. The number of amides is 1. The molecule has 1 fully saturated rings. The van der Waals surface area contributed by atoms with Gasteiger partial charge in [-0.15, -0.1) is 0 Å². The van der Waals surface area contributed by atoms with Crippen LogP contribution in [0.2, 0.25) is 0 Å². The zero-order valence-corrected chi connectivity index (χ0v) is 11.6. The van der Waals surface area contributed by atoms with Gasteiger partial charge in [-0.1, -0.05) is 0 Å². The molecular formula is C13H21F2NO3. The van der Waals surface area contributed by atoms with Crippen LogP contribution in [0.1, 0.15) is 52.9 Å². The number of hydrogen-bond donors (Lipinski definition) is 1. The van der Waals surface area contributed by atoms with Crippen molar-refractivity contribution in [3.05, 3.63) is 0 Å². The van der Waals surface area contributed by atoms with E-state index in [1.807, 2.05) is 0 Å². The van der Waals surface area contributed by atoms with Gasteiger partial charge in [-0.2, -0.15) is 0 Å². The van der Waals surface area contributed by atoms with E-state index in [0.29, 0.717) is 6.29 Å². The minimum atomic E-state index is -2.71. The van der Waals surface area contributed by atoms with Crippen LogP contribution in [0.15, 0.2) is 0 Å². The van der Waals surface area contributed by atoms with Gasteiger partial charge in [0.05, 0.1) is 5.54 Å². The zero-order valence-electron chi connectivity index (χ0n) is 11.6. The fraction of sp³-hybridized carbons (Fsp3) is 0.846. The van der Waals surface area contributed by atoms with Crippen molar-refractivity contribution in [1.29, 1.82) is 0 Å². The van der Waals surface area contributed by atoms with E-state index in [1.54, 1.807) is 20.8 Å². The van der Waals surface area contributed by atoms with Crippen LogP contribution in [0.4, 0.5) is 13.6 Å². The van der Waals surface area contributed by atoms with Crippen molar-refractivity contribution in [2.45, 2.75) is 69.9 Å². The van der Waals surface area contributed by atoms with Gasteiger partial charge in [0.2, 0.25) is 5.92 Å². The molecule has 19 heavy (non-hydrogen) atoms. The van der Waals surface area contributed by atoms with Crippen molar-refractivity contribution in [3.8, 4) is 0 Å². The third-order valence-electron chi connectivity index (χ3n) is 3.18. The average Bonchev–Trinajstić information content (AvgIpc) is 2.20. The summed E-state index contributed by atoms with van der Waals surface area (Å²) in [4.78, 5) is 22.5. The number of alkyl halides is 2. The molecule has 1 aliphatic carbocycles. The molecule has 0 spiro atoms. The molecule has 4 nitrogen and oxygen atoms in total. The molecule has 1 N–H and O–H groups in total. The molecule has 110 valence electrons. The highest BCUT2D eigenvalue weighted by atomic mass is 19.3. The molecule has 1 aliphatic rings. The van der Waals surface area contributed by atoms with Crippen LogP contribution in [0.25, 0.3) is 0 Å². The van der Waals surface area contributed by atoms with Crippen molar-refractivity contribution in [2.24, 2.45) is 0 Å².